The topological polar surface area (TPSA) is 98.1 Å². The molecule has 0 saturated carbocycles. The van der Waals surface area contributed by atoms with Gasteiger partial charge in [-0.25, -0.2) is 9.97 Å². The molecule has 0 radical (unpaired) electrons. The Bertz CT molecular complexity index is 559. The summed E-state index contributed by atoms with van der Waals surface area (Å²) in [5, 5.41) is 9.95. The maximum Gasteiger partial charge on any atom is 0.196 e. The first-order valence-electron chi connectivity index (χ1n) is 5.05. The summed E-state index contributed by atoms with van der Waals surface area (Å²) in [5.74, 6) is 0.626. The van der Waals surface area contributed by atoms with E-state index in [2.05, 4.69) is 9.97 Å². The first-order chi connectivity index (χ1) is 8.58. The second-order valence-electron chi connectivity index (χ2n) is 3.53. The molecule has 0 aliphatic rings. The molecule has 0 aliphatic heterocycles. The zero-order chi connectivity index (χ0) is 13.1. The van der Waals surface area contributed by atoms with Crippen molar-refractivity contribution < 1.29 is 5.11 Å². The lowest BCUT2D eigenvalue weighted by Gasteiger charge is -2.05. The molecule has 0 atom stereocenters. The van der Waals surface area contributed by atoms with Gasteiger partial charge in [0, 0.05) is 11.0 Å². The number of aliphatic hydroxyl groups is 1. The molecule has 5 N–H and O–H groups in total. The summed E-state index contributed by atoms with van der Waals surface area (Å²) in [4.78, 5) is 8.89. The fourth-order valence-electron chi connectivity index (χ4n) is 1.33. The van der Waals surface area contributed by atoms with Crippen molar-refractivity contribution >= 4 is 35.0 Å². The second kappa shape index (κ2) is 5.43. The normalized spacial score (nSPS) is 10.6. The highest BCUT2D eigenvalue weighted by molar-refractivity contribution is 7.99. The van der Waals surface area contributed by atoms with E-state index < -0.39 is 0 Å². The minimum Gasteiger partial charge on any atom is -0.392 e. The van der Waals surface area contributed by atoms with E-state index in [1.807, 2.05) is 0 Å². The van der Waals surface area contributed by atoms with E-state index in [1.165, 1.54) is 17.8 Å². The summed E-state index contributed by atoms with van der Waals surface area (Å²) in [6.07, 6.45) is 0. The van der Waals surface area contributed by atoms with Crippen LogP contribution in [0.4, 0.5) is 11.6 Å². The number of hydrogen-bond donors (Lipinski definition) is 3. The summed E-state index contributed by atoms with van der Waals surface area (Å²) in [7, 11) is 0. The number of anilines is 2. The molecule has 2 aromatic rings. The Morgan fingerprint density at radius 3 is 2.39 bits per heavy atom. The molecule has 7 heteroatoms. The predicted octanol–water partition coefficient (Wildman–Crippen LogP) is 1.94. The smallest absolute Gasteiger partial charge is 0.196 e. The van der Waals surface area contributed by atoms with Gasteiger partial charge in [-0.1, -0.05) is 17.7 Å². The first-order valence-corrected chi connectivity index (χ1v) is 6.25. The van der Waals surface area contributed by atoms with Crippen LogP contribution in [0.3, 0.4) is 0 Å². The fraction of sp³-hybridized carbons (Fsp3) is 0.0909. The van der Waals surface area contributed by atoms with Crippen LogP contribution in [0.1, 0.15) is 5.56 Å². The van der Waals surface area contributed by atoms with E-state index in [0.29, 0.717) is 21.8 Å². The average molecular weight is 283 g/mol. The lowest BCUT2D eigenvalue weighted by Crippen LogP contribution is -1.99. The van der Waals surface area contributed by atoms with Gasteiger partial charge in [-0.15, -0.1) is 0 Å². The zero-order valence-corrected chi connectivity index (χ0v) is 10.9. The minimum atomic E-state index is -0.0492. The van der Waals surface area contributed by atoms with Gasteiger partial charge >= 0.3 is 0 Å². The maximum absolute atomic E-state index is 8.99. The van der Waals surface area contributed by atoms with Crippen LogP contribution in [0.2, 0.25) is 5.02 Å². The monoisotopic (exact) mass is 282 g/mol. The molecule has 0 bridgehead atoms. The number of nitrogens with two attached hydrogens (primary N) is 2. The predicted molar refractivity (Wildman–Crippen MR) is 72.4 cm³/mol. The highest BCUT2D eigenvalue weighted by Crippen LogP contribution is 2.32. The van der Waals surface area contributed by atoms with Gasteiger partial charge < -0.3 is 16.6 Å². The van der Waals surface area contributed by atoms with Crippen molar-refractivity contribution in [2.24, 2.45) is 0 Å². The highest BCUT2D eigenvalue weighted by Gasteiger charge is 2.07. The molecular formula is C11H11ClN4OS. The minimum absolute atomic E-state index is 0.0492. The molecule has 94 valence electrons. The maximum atomic E-state index is 8.99. The Labute approximate surface area is 113 Å². The lowest BCUT2D eigenvalue weighted by molar-refractivity contribution is 0.282. The fourth-order valence-corrected chi connectivity index (χ4v) is 2.44. The van der Waals surface area contributed by atoms with Crippen LogP contribution in [-0.2, 0) is 6.61 Å². The van der Waals surface area contributed by atoms with Gasteiger partial charge in [0.15, 0.2) is 5.16 Å². The number of aromatic nitrogens is 2. The molecule has 0 aliphatic carbocycles. The van der Waals surface area contributed by atoms with Gasteiger partial charge in [0.2, 0.25) is 0 Å². The third-order valence-electron chi connectivity index (χ3n) is 2.13. The summed E-state index contributed by atoms with van der Waals surface area (Å²) in [5.41, 5.74) is 11.9. The quantitative estimate of drug-likeness (QED) is 0.744. The van der Waals surface area contributed by atoms with Crippen molar-refractivity contribution in [2.75, 3.05) is 11.5 Å². The van der Waals surface area contributed by atoms with Gasteiger partial charge in [0.25, 0.3) is 0 Å². The Kier molecular flexibility index (Phi) is 3.90. The summed E-state index contributed by atoms with van der Waals surface area (Å²) >= 11 is 7.35. The number of aliphatic hydroxyl groups excluding tert-OH is 1. The van der Waals surface area contributed by atoms with Crippen LogP contribution < -0.4 is 11.5 Å². The van der Waals surface area contributed by atoms with E-state index >= 15 is 0 Å². The molecule has 0 unspecified atom stereocenters. The number of hydrogen-bond acceptors (Lipinski definition) is 6. The lowest BCUT2D eigenvalue weighted by atomic mass is 10.2. The van der Waals surface area contributed by atoms with Crippen LogP contribution in [-0.4, -0.2) is 15.1 Å². The number of rotatable bonds is 3. The zero-order valence-electron chi connectivity index (χ0n) is 9.30. The highest BCUT2D eigenvalue weighted by atomic mass is 35.5. The van der Waals surface area contributed by atoms with Gasteiger partial charge in [-0.05, 0) is 29.5 Å². The Morgan fingerprint density at radius 2 is 1.83 bits per heavy atom. The molecule has 1 heterocycles. The number of halogens is 1. The number of benzene rings is 1. The number of nitrogens with zero attached hydrogens (tertiary/aromatic N) is 2. The van der Waals surface area contributed by atoms with E-state index in [9.17, 15) is 0 Å². The van der Waals surface area contributed by atoms with Crippen LogP contribution in [0.15, 0.2) is 34.3 Å². The molecule has 0 saturated heterocycles. The van der Waals surface area contributed by atoms with Gasteiger partial charge in [-0.3, -0.25) is 0 Å². The van der Waals surface area contributed by atoms with Crippen molar-refractivity contribution in [3.8, 4) is 0 Å². The molecular weight excluding hydrogens is 272 g/mol. The Hall–Kier alpha value is -1.50. The molecule has 18 heavy (non-hydrogen) atoms. The van der Waals surface area contributed by atoms with Gasteiger partial charge in [-0.2, -0.15) is 0 Å². The molecule has 1 aromatic carbocycles. The van der Waals surface area contributed by atoms with E-state index in [4.69, 9.17) is 28.2 Å². The Balaban J connectivity index is 2.28. The average Bonchev–Trinajstić information content (AvgIpc) is 2.30. The van der Waals surface area contributed by atoms with Crippen molar-refractivity contribution in [1.82, 2.24) is 9.97 Å². The second-order valence-corrected chi connectivity index (χ2v) is 4.94. The Morgan fingerprint density at radius 1 is 1.17 bits per heavy atom. The molecule has 2 rings (SSSR count). The van der Waals surface area contributed by atoms with Crippen molar-refractivity contribution in [1.29, 1.82) is 0 Å². The first kappa shape index (κ1) is 12.9. The summed E-state index contributed by atoms with van der Waals surface area (Å²) < 4.78 is 0. The standard InChI is InChI=1S/C11H11ClN4OS/c12-7-3-6(5-17)1-2-8(7)18-11-15-9(13)4-10(14)16-11/h1-4,17H,5H2,(H4,13,14,15,16). The molecule has 1 aromatic heterocycles. The van der Waals surface area contributed by atoms with Crippen LogP contribution in [0.5, 0.6) is 0 Å². The molecule has 0 amide bonds. The van der Waals surface area contributed by atoms with Crippen LogP contribution in [0, 0.1) is 0 Å². The third kappa shape index (κ3) is 3.04. The largest absolute Gasteiger partial charge is 0.392 e. The van der Waals surface area contributed by atoms with Crippen LogP contribution >= 0.6 is 23.4 Å². The third-order valence-corrected chi connectivity index (χ3v) is 3.49. The van der Waals surface area contributed by atoms with Crippen LogP contribution in [0.25, 0.3) is 0 Å². The molecule has 0 spiro atoms. The van der Waals surface area contributed by atoms with E-state index in [0.717, 1.165) is 10.5 Å². The van der Waals surface area contributed by atoms with Crippen molar-refractivity contribution in [3.63, 3.8) is 0 Å². The van der Waals surface area contributed by atoms with Gasteiger partial charge in [0.1, 0.15) is 11.6 Å². The summed E-state index contributed by atoms with van der Waals surface area (Å²) in [6, 6.07) is 6.76. The van der Waals surface area contributed by atoms with Crippen molar-refractivity contribution in [2.45, 2.75) is 16.7 Å². The van der Waals surface area contributed by atoms with E-state index in [1.54, 1.807) is 18.2 Å². The van der Waals surface area contributed by atoms with E-state index in [-0.39, 0.29) is 6.61 Å². The SMILES string of the molecule is Nc1cc(N)nc(Sc2ccc(CO)cc2Cl)n1. The number of nitrogen functional groups attached to an aromatic ring is 2. The molecule has 0 fully saturated rings. The van der Waals surface area contributed by atoms with Gasteiger partial charge in [0.05, 0.1) is 11.6 Å². The summed E-state index contributed by atoms with van der Waals surface area (Å²) in [6.45, 7) is -0.0492. The molecule has 5 nitrogen and oxygen atoms in total. The van der Waals surface area contributed by atoms with Crippen molar-refractivity contribution in [3.05, 3.63) is 34.9 Å².